The highest BCUT2D eigenvalue weighted by Gasteiger charge is 2.62. The number of rotatable bonds is 1. The van der Waals surface area contributed by atoms with Gasteiger partial charge in [-0.05, 0) is 84.9 Å². The van der Waals surface area contributed by atoms with Crippen LogP contribution < -0.4 is 0 Å². The molecule has 1 heteroatoms. The summed E-state index contributed by atoms with van der Waals surface area (Å²) in [7, 11) is 0. The highest BCUT2D eigenvalue weighted by Crippen LogP contribution is 2.70. The molecule has 0 saturated heterocycles. The van der Waals surface area contributed by atoms with E-state index in [2.05, 4.69) is 33.4 Å². The van der Waals surface area contributed by atoms with Crippen molar-refractivity contribution >= 4 is 5.78 Å². The third-order valence-corrected chi connectivity index (χ3v) is 9.60. The second-order valence-electron chi connectivity index (χ2n) is 10.0. The molecule has 0 spiro atoms. The molecule has 0 N–H and O–H groups in total. The predicted molar refractivity (Wildman–Crippen MR) is 95.0 cm³/mol. The monoisotopic (exact) mass is 314 g/mol. The number of Topliss-reactive ketones (excluding diaryl/α,β-unsaturated/α-hetero) is 1. The van der Waals surface area contributed by atoms with Crippen LogP contribution in [0.5, 0.6) is 0 Å². The zero-order chi connectivity index (χ0) is 16.5. The van der Waals surface area contributed by atoms with Crippen molar-refractivity contribution in [2.75, 3.05) is 0 Å². The van der Waals surface area contributed by atoms with E-state index in [1.54, 1.807) is 0 Å². The Kier molecular flexibility index (Phi) is 3.43. The normalized spacial score (nSPS) is 55.7. The Bertz CT molecular complexity index is 536. The molecule has 0 aliphatic heterocycles. The first-order chi connectivity index (χ1) is 10.8. The number of carbonyl (C=O) groups is 1. The Morgan fingerprint density at radius 2 is 1.74 bits per heavy atom. The summed E-state index contributed by atoms with van der Waals surface area (Å²) >= 11 is 0. The van der Waals surface area contributed by atoms with E-state index in [9.17, 15) is 4.79 Å². The van der Waals surface area contributed by atoms with Gasteiger partial charge in [0.1, 0.15) is 5.78 Å². The lowest BCUT2D eigenvalue weighted by molar-refractivity contribution is -0.141. The lowest BCUT2D eigenvalue weighted by atomic mass is 9.43. The van der Waals surface area contributed by atoms with Crippen LogP contribution in [0.3, 0.4) is 0 Å². The van der Waals surface area contributed by atoms with Gasteiger partial charge in [0.2, 0.25) is 0 Å². The number of carbonyl (C=O) groups excluding carboxylic acids is 1. The first-order valence-corrected chi connectivity index (χ1v) is 9.99. The molecule has 23 heavy (non-hydrogen) atoms. The quantitative estimate of drug-likeness (QED) is 0.560. The summed E-state index contributed by atoms with van der Waals surface area (Å²) in [5, 5.41) is 0. The third kappa shape index (κ3) is 1.94. The molecular weight excluding hydrogens is 280 g/mol. The number of fused-ring (bicyclic) bond motifs is 5. The molecule has 0 bridgehead atoms. The Balaban J connectivity index is 1.65. The van der Waals surface area contributed by atoms with E-state index < -0.39 is 0 Å². The maximum atomic E-state index is 12.0. The van der Waals surface area contributed by atoms with Crippen molar-refractivity contribution in [3.8, 4) is 0 Å². The van der Waals surface area contributed by atoms with E-state index in [1.165, 1.54) is 44.9 Å². The van der Waals surface area contributed by atoms with Gasteiger partial charge < -0.3 is 0 Å². The number of allylic oxidation sites excluding steroid dienone is 1. The minimum Gasteiger partial charge on any atom is -0.300 e. The zero-order valence-corrected chi connectivity index (χ0v) is 15.4. The summed E-state index contributed by atoms with van der Waals surface area (Å²) in [5.74, 6) is 3.89. The molecule has 4 aliphatic carbocycles. The molecule has 0 aromatic carbocycles. The first-order valence-electron chi connectivity index (χ1n) is 9.99. The number of hydrogen-bond donors (Lipinski definition) is 0. The maximum absolute atomic E-state index is 12.0. The summed E-state index contributed by atoms with van der Waals surface area (Å²) in [4.78, 5) is 12.0. The van der Waals surface area contributed by atoms with Gasteiger partial charge in [0.05, 0.1) is 0 Å². The van der Waals surface area contributed by atoms with Crippen LogP contribution in [0.2, 0.25) is 0 Å². The van der Waals surface area contributed by atoms with Gasteiger partial charge in [0.25, 0.3) is 0 Å². The van der Waals surface area contributed by atoms with Gasteiger partial charge in [-0.3, -0.25) is 4.79 Å². The van der Waals surface area contributed by atoms with Crippen molar-refractivity contribution in [2.24, 2.45) is 39.9 Å². The molecule has 1 nitrogen and oxygen atoms in total. The molecule has 0 heterocycles. The van der Waals surface area contributed by atoms with Crippen LogP contribution in [-0.2, 0) is 4.79 Å². The molecule has 4 rings (SSSR count). The van der Waals surface area contributed by atoms with Gasteiger partial charge in [0.15, 0.2) is 0 Å². The molecular formula is C22H34O. The van der Waals surface area contributed by atoms with Gasteiger partial charge in [-0.15, -0.1) is 6.58 Å². The Morgan fingerprint density at radius 3 is 2.48 bits per heavy atom. The molecule has 4 saturated carbocycles. The van der Waals surface area contributed by atoms with Crippen molar-refractivity contribution in [1.29, 1.82) is 0 Å². The molecule has 0 aromatic rings. The number of hydrogen-bond acceptors (Lipinski definition) is 1. The van der Waals surface area contributed by atoms with Crippen LogP contribution in [0.1, 0.15) is 78.6 Å². The largest absolute Gasteiger partial charge is 0.300 e. The summed E-state index contributed by atoms with van der Waals surface area (Å²) < 4.78 is 0. The Labute approximate surface area is 142 Å². The highest BCUT2D eigenvalue weighted by atomic mass is 16.1. The van der Waals surface area contributed by atoms with Crippen molar-refractivity contribution < 1.29 is 4.79 Å². The molecule has 0 aromatic heterocycles. The molecule has 0 radical (unpaired) electrons. The fourth-order valence-electron chi connectivity index (χ4n) is 7.68. The smallest absolute Gasteiger partial charge is 0.133 e. The fourth-order valence-corrected chi connectivity index (χ4v) is 7.68. The standard InChI is InChI=1S/C22H34O/c1-5-20(2)11-9-19-17-7-6-15-14-16(23)8-12-21(15,3)18(17)10-13-22(19,20)4/h5,15,17-19H,1,6-14H2,2-4H3/t15?,17?,18-,19-,20?,21-,22-/m0/s1. The molecule has 3 unspecified atom stereocenters. The van der Waals surface area contributed by atoms with Crippen molar-refractivity contribution in [1.82, 2.24) is 0 Å². The highest BCUT2D eigenvalue weighted by molar-refractivity contribution is 5.79. The van der Waals surface area contributed by atoms with Crippen LogP contribution in [0.4, 0.5) is 0 Å². The summed E-state index contributed by atoms with van der Waals surface area (Å²) in [6, 6.07) is 0. The minimum absolute atomic E-state index is 0.336. The SMILES string of the molecule is C=CC1(C)CC[C@H]2C3CCC4CC(=O)CC[C@]4(C)[C@H]3CC[C@@]21C. The van der Waals surface area contributed by atoms with Gasteiger partial charge >= 0.3 is 0 Å². The maximum Gasteiger partial charge on any atom is 0.133 e. The topological polar surface area (TPSA) is 17.1 Å². The fraction of sp³-hybridized carbons (Fsp3) is 0.864. The molecule has 7 atom stereocenters. The van der Waals surface area contributed by atoms with Gasteiger partial charge in [-0.1, -0.05) is 26.8 Å². The second kappa shape index (κ2) is 4.96. The van der Waals surface area contributed by atoms with Crippen LogP contribution in [0.15, 0.2) is 12.7 Å². The summed E-state index contributed by atoms with van der Waals surface area (Å²) in [6.45, 7) is 11.8. The Hall–Kier alpha value is -0.590. The Morgan fingerprint density at radius 1 is 1.00 bits per heavy atom. The van der Waals surface area contributed by atoms with Crippen LogP contribution in [0, 0.1) is 39.9 Å². The van der Waals surface area contributed by atoms with Crippen molar-refractivity contribution in [2.45, 2.75) is 78.6 Å². The van der Waals surface area contributed by atoms with E-state index in [4.69, 9.17) is 0 Å². The lowest BCUT2D eigenvalue weighted by Crippen LogP contribution is -2.54. The van der Waals surface area contributed by atoms with E-state index in [-0.39, 0.29) is 0 Å². The van der Waals surface area contributed by atoms with E-state index in [0.29, 0.717) is 27.9 Å². The van der Waals surface area contributed by atoms with E-state index in [1.807, 2.05) is 0 Å². The van der Waals surface area contributed by atoms with E-state index >= 15 is 0 Å². The zero-order valence-electron chi connectivity index (χ0n) is 15.4. The van der Waals surface area contributed by atoms with Crippen LogP contribution in [-0.4, -0.2) is 5.78 Å². The minimum atomic E-state index is 0.336. The second-order valence-corrected chi connectivity index (χ2v) is 10.0. The third-order valence-electron chi connectivity index (χ3n) is 9.60. The summed E-state index contributed by atoms with van der Waals surface area (Å²) in [5.41, 5.74) is 1.25. The summed E-state index contributed by atoms with van der Waals surface area (Å²) in [6.07, 6.45) is 13.4. The van der Waals surface area contributed by atoms with Crippen molar-refractivity contribution in [3.05, 3.63) is 12.7 Å². The van der Waals surface area contributed by atoms with Gasteiger partial charge in [-0.25, -0.2) is 0 Å². The van der Waals surface area contributed by atoms with Crippen molar-refractivity contribution in [3.63, 3.8) is 0 Å². The first kappa shape index (κ1) is 15.9. The van der Waals surface area contributed by atoms with Crippen LogP contribution in [0.25, 0.3) is 0 Å². The average Bonchev–Trinajstić information content (AvgIpc) is 2.80. The molecule has 128 valence electrons. The predicted octanol–water partition coefficient (Wildman–Crippen LogP) is 5.79. The lowest BCUT2D eigenvalue weighted by Gasteiger charge is -2.61. The average molecular weight is 315 g/mol. The molecule has 4 fully saturated rings. The van der Waals surface area contributed by atoms with Crippen LogP contribution >= 0.6 is 0 Å². The molecule has 4 aliphatic rings. The number of ketones is 1. The van der Waals surface area contributed by atoms with E-state index in [0.717, 1.165) is 30.6 Å². The van der Waals surface area contributed by atoms with Gasteiger partial charge in [-0.2, -0.15) is 0 Å². The molecule has 0 amide bonds. The van der Waals surface area contributed by atoms with Gasteiger partial charge in [0, 0.05) is 12.8 Å².